The first-order valence-corrected chi connectivity index (χ1v) is 10.3. The Labute approximate surface area is 167 Å². The van der Waals surface area contributed by atoms with Crippen molar-refractivity contribution in [2.45, 2.75) is 69.7 Å². The van der Waals surface area contributed by atoms with Crippen LogP contribution in [0, 0.1) is 0 Å². The molecule has 0 radical (unpaired) electrons. The molecular weight excluding hydrogens is 350 g/mol. The molecule has 2 aromatic carbocycles. The Hall–Kier alpha value is -2.33. The number of rotatable bonds is 5. The lowest BCUT2D eigenvalue weighted by atomic mass is 9.98. The van der Waals surface area contributed by atoms with Crippen molar-refractivity contribution in [3.8, 4) is 5.75 Å². The van der Waals surface area contributed by atoms with E-state index in [4.69, 9.17) is 4.74 Å². The zero-order chi connectivity index (χ0) is 19.7. The fourth-order valence-corrected chi connectivity index (χ4v) is 4.62. The van der Waals surface area contributed by atoms with Gasteiger partial charge in [-0.1, -0.05) is 56.3 Å². The number of hydrogen-bond acceptors (Lipinski definition) is 3. The Morgan fingerprint density at radius 3 is 2.29 bits per heavy atom. The normalized spacial score (nSPS) is 25.0. The van der Waals surface area contributed by atoms with Crippen LogP contribution in [0.25, 0.3) is 0 Å². The molecule has 1 amide bonds. The molecule has 2 saturated heterocycles. The zero-order valence-corrected chi connectivity index (χ0v) is 16.6. The van der Waals surface area contributed by atoms with Gasteiger partial charge in [-0.2, -0.15) is 0 Å². The molecule has 3 atom stereocenters. The van der Waals surface area contributed by atoms with E-state index >= 15 is 0 Å². The summed E-state index contributed by atoms with van der Waals surface area (Å²) in [4.78, 5) is 15.6. The molecule has 4 heteroatoms. The molecule has 4 rings (SSSR count). The second kappa shape index (κ2) is 7.96. The number of ether oxygens (including phenoxy) is 1. The Morgan fingerprint density at radius 1 is 1.00 bits per heavy atom. The molecule has 1 N–H and O–H groups in total. The summed E-state index contributed by atoms with van der Waals surface area (Å²) >= 11 is 0. The van der Waals surface area contributed by atoms with E-state index < -0.39 is 6.10 Å². The molecule has 28 heavy (non-hydrogen) atoms. The lowest BCUT2D eigenvalue weighted by Gasteiger charge is -2.39. The Balaban J connectivity index is 1.63. The molecule has 2 heterocycles. The number of carbonyl (C=O) groups excluding carboxylic acids is 1. The van der Waals surface area contributed by atoms with Gasteiger partial charge in [-0.15, -0.1) is 0 Å². The number of amides is 1. The van der Waals surface area contributed by atoms with E-state index in [1.807, 2.05) is 53.4 Å². The predicted molar refractivity (Wildman–Crippen MR) is 109 cm³/mol. The van der Waals surface area contributed by atoms with Gasteiger partial charge in [-0.05, 0) is 49.3 Å². The van der Waals surface area contributed by atoms with Gasteiger partial charge in [-0.3, -0.25) is 4.79 Å². The van der Waals surface area contributed by atoms with Crippen molar-refractivity contribution in [2.24, 2.45) is 0 Å². The van der Waals surface area contributed by atoms with Gasteiger partial charge >= 0.3 is 0 Å². The average Bonchev–Trinajstić information content (AvgIpc) is 2.97. The first kappa shape index (κ1) is 19.0. The standard InChI is InChI=1S/C24H29NO3/c1-16(2)18-9-6-10-22(13-18)28-23(17-7-4-3-5-8-17)24(27)25-19-11-12-20(25)15-21(26)14-19/h3-10,13,16,19-21,23,26H,11-12,14-15H2,1-2H3/t19-,20-,23-/m0/s1. The number of carbonyl (C=O) groups is 1. The fraction of sp³-hybridized carbons (Fsp3) is 0.458. The quantitative estimate of drug-likeness (QED) is 0.835. The van der Waals surface area contributed by atoms with Gasteiger partial charge in [0, 0.05) is 17.6 Å². The summed E-state index contributed by atoms with van der Waals surface area (Å²) in [6, 6.07) is 18.0. The number of hydrogen-bond donors (Lipinski definition) is 1. The second-order valence-corrected chi connectivity index (χ2v) is 8.39. The zero-order valence-electron chi connectivity index (χ0n) is 16.6. The maximum absolute atomic E-state index is 13.6. The molecule has 0 aromatic heterocycles. The maximum atomic E-state index is 13.6. The summed E-state index contributed by atoms with van der Waals surface area (Å²) in [6.45, 7) is 4.30. The van der Waals surface area contributed by atoms with E-state index in [0.29, 0.717) is 18.8 Å². The smallest absolute Gasteiger partial charge is 0.268 e. The van der Waals surface area contributed by atoms with Gasteiger partial charge < -0.3 is 14.7 Å². The third-order valence-electron chi connectivity index (χ3n) is 6.07. The van der Waals surface area contributed by atoms with Crippen molar-refractivity contribution in [3.05, 3.63) is 65.7 Å². The summed E-state index contributed by atoms with van der Waals surface area (Å²) in [6.07, 6.45) is 2.33. The summed E-state index contributed by atoms with van der Waals surface area (Å²) < 4.78 is 6.30. The third-order valence-corrected chi connectivity index (χ3v) is 6.07. The average molecular weight is 380 g/mol. The molecule has 0 unspecified atom stereocenters. The molecular formula is C24H29NO3. The summed E-state index contributed by atoms with van der Waals surface area (Å²) in [5.74, 6) is 1.13. The van der Waals surface area contributed by atoms with Crippen molar-refractivity contribution in [1.29, 1.82) is 0 Å². The number of aliphatic hydroxyl groups excluding tert-OH is 1. The van der Waals surface area contributed by atoms with Crippen LogP contribution >= 0.6 is 0 Å². The molecule has 2 aliphatic rings. The van der Waals surface area contributed by atoms with Crippen LogP contribution in [0.1, 0.15) is 62.7 Å². The molecule has 0 saturated carbocycles. The Kier molecular flexibility index (Phi) is 5.40. The first-order chi connectivity index (χ1) is 13.5. The van der Waals surface area contributed by atoms with Gasteiger partial charge in [0.15, 0.2) is 0 Å². The number of nitrogens with zero attached hydrogens (tertiary/aromatic N) is 1. The minimum absolute atomic E-state index is 0.0144. The van der Waals surface area contributed by atoms with Crippen LogP contribution in [0.4, 0.5) is 0 Å². The molecule has 2 aliphatic heterocycles. The maximum Gasteiger partial charge on any atom is 0.268 e. The van der Waals surface area contributed by atoms with Gasteiger partial charge in [0.1, 0.15) is 5.75 Å². The summed E-state index contributed by atoms with van der Waals surface area (Å²) in [5.41, 5.74) is 2.06. The SMILES string of the molecule is CC(C)c1cccc(O[C@H](C(=O)N2[C@H]3CC[C@H]2CC(O)C3)c2ccccc2)c1. The van der Waals surface area contributed by atoms with Gasteiger partial charge in [-0.25, -0.2) is 0 Å². The van der Waals surface area contributed by atoms with Gasteiger partial charge in [0.2, 0.25) is 6.10 Å². The predicted octanol–water partition coefficient (Wildman–Crippen LogP) is 4.44. The van der Waals surface area contributed by atoms with E-state index in [-0.39, 0.29) is 24.1 Å². The fourth-order valence-electron chi connectivity index (χ4n) is 4.62. The minimum atomic E-state index is -0.665. The third kappa shape index (κ3) is 3.79. The highest BCUT2D eigenvalue weighted by molar-refractivity contribution is 5.83. The topological polar surface area (TPSA) is 49.8 Å². The van der Waals surface area contributed by atoms with Crippen molar-refractivity contribution < 1.29 is 14.6 Å². The van der Waals surface area contributed by atoms with Crippen LogP contribution in [0.2, 0.25) is 0 Å². The van der Waals surface area contributed by atoms with Crippen LogP contribution in [0.15, 0.2) is 54.6 Å². The number of aliphatic hydroxyl groups is 1. The number of piperidine rings is 1. The Bertz CT molecular complexity index is 806. The van der Waals surface area contributed by atoms with Crippen LogP contribution in [0.3, 0.4) is 0 Å². The van der Waals surface area contributed by atoms with Crippen molar-refractivity contribution in [2.75, 3.05) is 0 Å². The largest absolute Gasteiger partial charge is 0.476 e. The van der Waals surface area contributed by atoms with Crippen LogP contribution in [-0.4, -0.2) is 34.1 Å². The summed E-state index contributed by atoms with van der Waals surface area (Å²) in [5, 5.41) is 10.1. The number of benzene rings is 2. The molecule has 148 valence electrons. The van der Waals surface area contributed by atoms with Crippen LogP contribution in [-0.2, 0) is 4.79 Å². The second-order valence-electron chi connectivity index (χ2n) is 8.39. The van der Waals surface area contributed by atoms with E-state index in [1.165, 1.54) is 5.56 Å². The lowest BCUT2D eigenvalue weighted by Crippen LogP contribution is -2.50. The van der Waals surface area contributed by atoms with Crippen LogP contribution in [0.5, 0.6) is 5.75 Å². The molecule has 2 aromatic rings. The van der Waals surface area contributed by atoms with E-state index in [9.17, 15) is 9.90 Å². The first-order valence-electron chi connectivity index (χ1n) is 10.3. The van der Waals surface area contributed by atoms with Crippen molar-refractivity contribution >= 4 is 5.91 Å². The van der Waals surface area contributed by atoms with E-state index in [2.05, 4.69) is 19.9 Å². The minimum Gasteiger partial charge on any atom is -0.476 e. The molecule has 0 spiro atoms. The lowest BCUT2D eigenvalue weighted by molar-refractivity contribution is -0.145. The monoisotopic (exact) mass is 379 g/mol. The number of fused-ring (bicyclic) bond motifs is 2. The molecule has 2 fully saturated rings. The molecule has 0 aliphatic carbocycles. The van der Waals surface area contributed by atoms with Gasteiger partial charge in [0.05, 0.1) is 6.10 Å². The Morgan fingerprint density at radius 2 is 1.64 bits per heavy atom. The molecule has 2 bridgehead atoms. The van der Waals surface area contributed by atoms with E-state index in [0.717, 1.165) is 24.2 Å². The van der Waals surface area contributed by atoms with Crippen LogP contribution < -0.4 is 4.74 Å². The highest BCUT2D eigenvalue weighted by atomic mass is 16.5. The molecule has 4 nitrogen and oxygen atoms in total. The van der Waals surface area contributed by atoms with E-state index in [1.54, 1.807) is 0 Å². The van der Waals surface area contributed by atoms with Crippen molar-refractivity contribution in [1.82, 2.24) is 4.90 Å². The summed E-state index contributed by atoms with van der Waals surface area (Å²) in [7, 11) is 0. The highest BCUT2D eigenvalue weighted by Crippen LogP contribution is 2.38. The van der Waals surface area contributed by atoms with Crippen molar-refractivity contribution in [3.63, 3.8) is 0 Å². The highest BCUT2D eigenvalue weighted by Gasteiger charge is 2.45. The van der Waals surface area contributed by atoms with Gasteiger partial charge in [0.25, 0.3) is 5.91 Å².